The van der Waals surface area contributed by atoms with E-state index in [1.165, 1.54) is 5.56 Å². The summed E-state index contributed by atoms with van der Waals surface area (Å²) < 4.78 is 24.5. The Morgan fingerprint density at radius 3 is 3.07 bits per heavy atom. The quantitative estimate of drug-likeness (QED) is 0.648. The number of aliphatic imine (C=N–C) groups is 1. The van der Waals surface area contributed by atoms with Gasteiger partial charge in [0.1, 0.15) is 11.6 Å². The fourth-order valence-corrected chi connectivity index (χ4v) is 3.67. The van der Waals surface area contributed by atoms with Gasteiger partial charge in [-0.2, -0.15) is 0 Å². The lowest BCUT2D eigenvalue weighted by molar-refractivity contribution is 0.187. The Morgan fingerprint density at radius 2 is 2.26 bits per heavy atom. The molecule has 1 aromatic heterocycles. The highest BCUT2D eigenvalue weighted by atomic mass is 19.1. The molecule has 6 heteroatoms. The first-order valence-corrected chi connectivity index (χ1v) is 9.68. The van der Waals surface area contributed by atoms with Crippen molar-refractivity contribution in [3.63, 3.8) is 0 Å². The van der Waals surface area contributed by atoms with Crippen molar-refractivity contribution in [2.24, 2.45) is 10.9 Å². The molecule has 0 saturated carbocycles. The monoisotopic (exact) mass is 371 g/mol. The van der Waals surface area contributed by atoms with Crippen LogP contribution in [0.4, 0.5) is 4.39 Å². The van der Waals surface area contributed by atoms with Gasteiger partial charge in [0.05, 0.1) is 12.9 Å². The molecule has 3 heterocycles. The SMILES string of the molecule is Fc1ccc2c(c1)CN(C(=NCC1CCOC1)NCCc1ccco1)CC2. The van der Waals surface area contributed by atoms with Gasteiger partial charge >= 0.3 is 0 Å². The van der Waals surface area contributed by atoms with Crippen LogP contribution in [-0.2, 0) is 24.1 Å². The first-order chi connectivity index (χ1) is 13.3. The van der Waals surface area contributed by atoms with E-state index in [9.17, 15) is 4.39 Å². The van der Waals surface area contributed by atoms with E-state index in [0.717, 1.165) is 69.4 Å². The Balaban J connectivity index is 1.43. The van der Waals surface area contributed by atoms with Gasteiger partial charge in [-0.15, -0.1) is 0 Å². The van der Waals surface area contributed by atoms with Crippen molar-refractivity contribution < 1.29 is 13.5 Å². The first kappa shape index (κ1) is 18.0. The average Bonchev–Trinajstić information content (AvgIpc) is 3.38. The van der Waals surface area contributed by atoms with Gasteiger partial charge in [-0.1, -0.05) is 6.07 Å². The molecule has 1 N–H and O–H groups in total. The summed E-state index contributed by atoms with van der Waals surface area (Å²) >= 11 is 0. The number of nitrogens with one attached hydrogen (secondary N) is 1. The summed E-state index contributed by atoms with van der Waals surface area (Å²) in [5.41, 5.74) is 2.28. The summed E-state index contributed by atoms with van der Waals surface area (Å²) in [6, 6.07) is 8.98. The second kappa shape index (κ2) is 8.57. The first-order valence-electron chi connectivity index (χ1n) is 9.68. The number of guanidine groups is 1. The Labute approximate surface area is 159 Å². The largest absolute Gasteiger partial charge is 0.469 e. The summed E-state index contributed by atoms with van der Waals surface area (Å²) in [5, 5.41) is 3.48. The molecule has 1 saturated heterocycles. The van der Waals surface area contributed by atoms with Crippen molar-refractivity contribution in [1.29, 1.82) is 0 Å². The van der Waals surface area contributed by atoms with Crippen LogP contribution >= 0.6 is 0 Å². The van der Waals surface area contributed by atoms with Crippen molar-refractivity contribution in [2.75, 3.05) is 32.8 Å². The van der Waals surface area contributed by atoms with E-state index in [4.69, 9.17) is 14.1 Å². The van der Waals surface area contributed by atoms with Crippen LogP contribution in [0.15, 0.2) is 46.0 Å². The highest BCUT2D eigenvalue weighted by Crippen LogP contribution is 2.20. The summed E-state index contributed by atoms with van der Waals surface area (Å²) in [6.07, 6.45) is 4.47. The maximum atomic E-state index is 13.6. The predicted molar refractivity (Wildman–Crippen MR) is 102 cm³/mol. The Morgan fingerprint density at radius 1 is 1.30 bits per heavy atom. The van der Waals surface area contributed by atoms with Crippen LogP contribution in [0.1, 0.15) is 23.3 Å². The third-order valence-corrected chi connectivity index (χ3v) is 5.24. The molecular weight excluding hydrogens is 345 g/mol. The Bertz CT molecular complexity index is 770. The maximum absolute atomic E-state index is 13.6. The van der Waals surface area contributed by atoms with Crippen LogP contribution in [0.3, 0.4) is 0 Å². The molecule has 0 amide bonds. The fraction of sp³-hybridized carbons (Fsp3) is 0.476. The van der Waals surface area contributed by atoms with Crippen LogP contribution < -0.4 is 5.32 Å². The maximum Gasteiger partial charge on any atom is 0.194 e. The number of benzene rings is 1. The third-order valence-electron chi connectivity index (χ3n) is 5.24. The Kier molecular flexibility index (Phi) is 5.72. The summed E-state index contributed by atoms with van der Waals surface area (Å²) in [5.74, 6) is 2.16. The molecule has 1 fully saturated rings. The van der Waals surface area contributed by atoms with Gasteiger partial charge in [0.2, 0.25) is 0 Å². The molecule has 5 nitrogen and oxygen atoms in total. The number of fused-ring (bicyclic) bond motifs is 1. The number of rotatable bonds is 5. The van der Waals surface area contributed by atoms with Crippen LogP contribution in [-0.4, -0.2) is 43.7 Å². The van der Waals surface area contributed by atoms with Crippen molar-refractivity contribution in [2.45, 2.75) is 25.8 Å². The lowest BCUT2D eigenvalue weighted by Gasteiger charge is -2.32. The minimum absolute atomic E-state index is 0.178. The van der Waals surface area contributed by atoms with Gasteiger partial charge in [-0.25, -0.2) is 4.39 Å². The number of ether oxygens (including phenoxy) is 1. The zero-order chi connectivity index (χ0) is 18.5. The van der Waals surface area contributed by atoms with Gasteiger partial charge in [0.15, 0.2) is 5.96 Å². The molecule has 2 aliphatic rings. The molecule has 2 aliphatic heterocycles. The van der Waals surface area contributed by atoms with Gasteiger partial charge in [-0.3, -0.25) is 4.99 Å². The van der Waals surface area contributed by atoms with Crippen molar-refractivity contribution in [3.8, 4) is 0 Å². The van der Waals surface area contributed by atoms with E-state index < -0.39 is 0 Å². The van der Waals surface area contributed by atoms with E-state index in [2.05, 4.69) is 10.2 Å². The second-order valence-electron chi connectivity index (χ2n) is 7.23. The standard InChI is InChI=1S/C21H26FN3O2/c22-19-4-3-17-6-9-25(14-18(17)12-19)21(24-13-16-7-11-26-15-16)23-8-5-20-2-1-10-27-20/h1-4,10,12,16H,5-9,11,13-15H2,(H,23,24). The number of nitrogens with zero attached hydrogens (tertiary/aromatic N) is 2. The third kappa shape index (κ3) is 4.69. The van der Waals surface area contributed by atoms with E-state index in [0.29, 0.717) is 12.5 Å². The molecule has 0 radical (unpaired) electrons. The molecule has 27 heavy (non-hydrogen) atoms. The molecule has 144 valence electrons. The van der Waals surface area contributed by atoms with Gasteiger partial charge in [0.25, 0.3) is 0 Å². The fourth-order valence-electron chi connectivity index (χ4n) is 3.67. The van der Waals surface area contributed by atoms with Crippen molar-refractivity contribution >= 4 is 5.96 Å². The Hall–Kier alpha value is -2.34. The minimum Gasteiger partial charge on any atom is -0.469 e. The lowest BCUT2D eigenvalue weighted by atomic mass is 10.00. The number of furan rings is 1. The van der Waals surface area contributed by atoms with Crippen molar-refractivity contribution in [3.05, 3.63) is 59.3 Å². The normalized spacial score (nSPS) is 20.0. The molecule has 4 rings (SSSR count). The molecule has 2 aromatic rings. The van der Waals surface area contributed by atoms with E-state index in [1.54, 1.807) is 18.4 Å². The molecule has 1 aromatic carbocycles. The van der Waals surface area contributed by atoms with Crippen LogP contribution in [0, 0.1) is 11.7 Å². The molecular formula is C21H26FN3O2. The average molecular weight is 371 g/mol. The van der Waals surface area contributed by atoms with Gasteiger partial charge < -0.3 is 19.4 Å². The second-order valence-corrected chi connectivity index (χ2v) is 7.23. The topological polar surface area (TPSA) is 50.0 Å². The molecule has 0 bridgehead atoms. The zero-order valence-electron chi connectivity index (χ0n) is 15.5. The van der Waals surface area contributed by atoms with Crippen LogP contribution in [0.25, 0.3) is 0 Å². The van der Waals surface area contributed by atoms with Gasteiger partial charge in [-0.05, 0) is 48.2 Å². The van der Waals surface area contributed by atoms with E-state index in [1.807, 2.05) is 18.2 Å². The number of hydrogen-bond acceptors (Lipinski definition) is 3. The van der Waals surface area contributed by atoms with Gasteiger partial charge in [0, 0.05) is 45.1 Å². The van der Waals surface area contributed by atoms with Crippen LogP contribution in [0.5, 0.6) is 0 Å². The molecule has 1 unspecified atom stereocenters. The summed E-state index contributed by atoms with van der Waals surface area (Å²) in [4.78, 5) is 7.09. The van der Waals surface area contributed by atoms with Crippen molar-refractivity contribution in [1.82, 2.24) is 10.2 Å². The summed E-state index contributed by atoms with van der Waals surface area (Å²) in [7, 11) is 0. The smallest absolute Gasteiger partial charge is 0.194 e. The van der Waals surface area contributed by atoms with E-state index in [-0.39, 0.29) is 5.82 Å². The lowest BCUT2D eigenvalue weighted by Crippen LogP contribution is -2.45. The van der Waals surface area contributed by atoms with E-state index >= 15 is 0 Å². The molecule has 1 atom stereocenters. The number of hydrogen-bond donors (Lipinski definition) is 1. The predicted octanol–water partition coefficient (Wildman–Crippen LogP) is 3.00. The summed E-state index contributed by atoms with van der Waals surface area (Å²) in [6.45, 7) is 4.69. The minimum atomic E-state index is -0.178. The zero-order valence-corrected chi connectivity index (χ0v) is 15.5. The highest BCUT2D eigenvalue weighted by Gasteiger charge is 2.21. The number of halogens is 1. The van der Waals surface area contributed by atoms with Crippen LogP contribution in [0.2, 0.25) is 0 Å². The highest BCUT2D eigenvalue weighted by molar-refractivity contribution is 5.80. The molecule has 0 aliphatic carbocycles. The molecule has 0 spiro atoms.